The molecular weight excluding hydrogens is 334 g/mol. The van der Waals surface area contributed by atoms with Gasteiger partial charge < -0.3 is 4.74 Å². The highest BCUT2D eigenvalue weighted by Gasteiger charge is 2.29. The van der Waals surface area contributed by atoms with Gasteiger partial charge in [-0.3, -0.25) is 9.89 Å². The number of benzene rings is 1. The van der Waals surface area contributed by atoms with Crippen LogP contribution in [0, 0.1) is 0 Å². The first-order chi connectivity index (χ1) is 10.2. The van der Waals surface area contributed by atoms with Crippen molar-refractivity contribution < 1.29 is 9.53 Å². The molecule has 21 heavy (non-hydrogen) atoms. The Morgan fingerprint density at radius 3 is 2.81 bits per heavy atom. The normalized spacial score (nSPS) is 12.1. The molecule has 1 heterocycles. The Labute approximate surface area is 132 Å². The number of hydrogen-bond acceptors (Lipinski definition) is 4. The van der Waals surface area contributed by atoms with Crippen LogP contribution < -0.4 is 0 Å². The molecule has 1 N–H and O–H groups in total. The van der Waals surface area contributed by atoms with Crippen LogP contribution in [0.1, 0.15) is 43.4 Å². The maximum absolute atomic E-state index is 12.3. The van der Waals surface area contributed by atoms with Gasteiger partial charge in [0.05, 0.1) is 6.61 Å². The fourth-order valence-corrected chi connectivity index (χ4v) is 2.61. The van der Waals surface area contributed by atoms with Crippen LogP contribution in [0.25, 0.3) is 0 Å². The van der Waals surface area contributed by atoms with Crippen molar-refractivity contribution in [2.24, 2.45) is 0 Å². The van der Waals surface area contributed by atoms with Crippen molar-refractivity contribution in [2.75, 3.05) is 6.61 Å². The topological polar surface area (TPSA) is 67.9 Å². The summed E-state index contributed by atoms with van der Waals surface area (Å²) in [6, 6.07) is 7.55. The molecule has 0 radical (unpaired) electrons. The maximum atomic E-state index is 12.3. The number of aryl methyl sites for hydroxylation is 1. The minimum atomic E-state index is -0.623. The molecular formula is C15H18BrN3O2. The summed E-state index contributed by atoms with van der Waals surface area (Å²) >= 11 is 3.48. The van der Waals surface area contributed by atoms with Gasteiger partial charge in [-0.2, -0.15) is 5.10 Å². The molecule has 1 aromatic carbocycles. The van der Waals surface area contributed by atoms with Crippen LogP contribution in [-0.4, -0.2) is 27.8 Å². The molecule has 6 heteroatoms. The number of hydrogen-bond donors (Lipinski definition) is 1. The van der Waals surface area contributed by atoms with E-state index in [2.05, 4.69) is 38.0 Å². The Hall–Kier alpha value is -1.69. The largest absolute Gasteiger partial charge is 0.465 e. The highest BCUT2D eigenvalue weighted by molar-refractivity contribution is 9.10. The van der Waals surface area contributed by atoms with E-state index in [-0.39, 0.29) is 5.97 Å². The molecule has 0 aliphatic carbocycles. The van der Waals surface area contributed by atoms with Crippen LogP contribution in [0.5, 0.6) is 0 Å². The SMILES string of the molecule is CCCc1nc(C(C(=O)OCC)c2ccccc2Br)n[nH]1. The van der Waals surface area contributed by atoms with Crippen molar-refractivity contribution >= 4 is 21.9 Å². The Balaban J connectivity index is 2.40. The lowest BCUT2D eigenvalue weighted by atomic mass is 9.98. The maximum Gasteiger partial charge on any atom is 0.321 e. The van der Waals surface area contributed by atoms with Crippen LogP contribution in [-0.2, 0) is 16.0 Å². The van der Waals surface area contributed by atoms with Crippen molar-refractivity contribution in [1.82, 2.24) is 15.2 Å². The number of nitrogens with zero attached hydrogens (tertiary/aromatic N) is 2. The van der Waals surface area contributed by atoms with E-state index < -0.39 is 5.92 Å². The summed E-state index contributed by atoms with van der Waals surface area (Å²) in [5.74, 6) is 0.270. The fourth-order valence-electron chi connectivity index (χ4n) is 2.09. The van der Waals surface area contributed by atoms with E-state index in [1.165, 1.54) is 0 Å². The van der Waals surface area contributed by atoms with E-state index in [0.717, 1.165) is 28.7 Å². The second-order valence-electron chi connectivity index (χ2n) is 4.60. The summed E-state index contributed by atoms with van der Waals surface area (Å²) in [5.41, 5.74) is 0.804. The summed E-state index contributed by atoms with van der Waals surface area (Å²) in [7, 11) is 0. The molecule has 0 saturated carbocycles. The second kappa shape index (κ2) is 7.36. The Morgan fingerprint density at radius 1 is 1.38 bits per heavy atom. The fraction of sp³-hybridized carbons (Fsp3) is 0.400. The highest BCUT2D eigenvalue weighted by Crippen LogP contribution is 2.29. The smallest absolute Gasteiger partial charge is 0.321 e. The first kappa shape index (κ1) is 15.7. The minimum absolute atomic E-state index is 0.325. The van der Waals surface area contributed by atoms with Gasteiger partial charge in [-0.25, -0.2) is 4.98 Å². The molecule has 0 amide bonds. The van der Waals surface area contributed by atoms with Crippen molar-refractivity contribution in [3.8, 4) is 0 Å². The Bertz CT molecular complexity index is 612. The monoisotopic (exact) mass is 351 g/mol. The zero-order valence-electron chi connectivity index (χ0n) is 12.1. The van der Waals surface area contributed by atoms with Crippen molar-refractivity contribution in [1.29, 1.82) is 0 Å². The zero-order chi connectivity index (χ0) is 15.2. The molecule has 1 unspecified atom stereocenters. The van der Waals surface area contributed by atoms with E-state index in [9.17, 15) is 4.79 Å². The average Bonchev–Trinajstić information content (AvgIpc) is 2.90. The summed E-state index contributed by atoms with van der Waals surface area (Å²) in [5, 5.41) is 7.09. The van der Waals surface area contributed by atoms with Crippen LogP contribution >= 0.6 is 15.9 Å². The molecule has 0 spiro atoms. The van der Waals surface area contributed by atoms with Gasteiger partial charge in [-0.1, -0.05) is 41.1 Å². The lowest BCUT2D eigenvalue weighted by molar-refractivity contribution is -0.144. The number of esters is 1. The quantitative estimate of drug-likeness (QED) is 0.811. The first-order valence-corrected chi connectivity index (χ1v) is 7.78. The predicted molar refractivity (Wildman–Crippen MR) is 83.0 cm³/mol. The molecule has 0 saturated heterocycles. The molecule has 5 nitrogen and oxygen atoms in total. The lowest BCUT2D eigenvalue weighted by Crippen LogP contribution is -2.19. The molecule has 0 aliphatic rings. The van der Waals surface area contributed by atoms with Gasteiger partial charge in [0.15, 0.2) is 5.82 Å². The number of aromatic nitrogens is 3. The summed E-state index contributed by atoms with van der Waals surface area (Å²) in [6.07, 6.45) is 1.77. The van der Waals surface area contributed by atoms with Crippen molar-refractivity contribution in [3.05, 3.63) is 46.0 Å². The minimum Gasteiger partial charge on any atom is -0.465 e. The third kappa shape index (κ3) is 3.69. The van der Waals surface area contributed by atoms with E-state index in [1.54, 1.807) is 6.92 Å². The number of carbonyl (C=O) groups excluding carboxylic acids is 1. The molecule has 0 bridgehead atoms. The van der Waals surface area contributed by atoms with Gasteiger partial charge in [0.1, 0.15) is 11.7 Å². The number of rotatable bonds is 6. The van der Waals surface area contributed by atoms with E-state index in [4.69, 9.17) is 4.74 Å². The van der Waals surface area contributed by atoms with E-state index >= 15 is 0 Å². The Morgan fingerprint density at radius 2 is 2.14 bits per heavy atom. The molecule has 112 valence electrons. The number of ether oxygens (including phenoxy) is 1. The highest BCUT2D eigenvalue weighted by atomic mass is 79.9. The van der Waals surface area contributed by atoms with Gasteiger partial charge >= 0.3 is 5.97 Å². The third-order valence-corrected chi connectivity index (χ3v) is 3.75. The zero-order valence-corrected chi connectivity index (χ0v) is 13.7. The number of H-pyrrole nitrogens is 1. The molecule has 1 aromatic heterocycles. The van der Waals surface area contributed by atoms with Gasteiger partial charge in [-0.15, -0.1) is 0 Å². The molecule has 2 rings (SSSR count). The van der Waals surface area contributed by atoms with Crippen LogP contribution in [0.3, 0.4) is 0 Å². The second-order valence-corrected chi connectivity index (χ2v) is 5.45. The summed E-state index contributed by atoms with van der Waals surface area (Å²) in [4.78, 5) is 16.8. The van der Waals surface area contributed by atoms with E-state index in [0.29, 0.717) is 12.4 Å². The average molecular weight is 352 g/mol. The molecule has 0 fully saturated rings. The van der Waals surface area contributed by atoms with Crippen LogP contribution in [0.15, 0.2) is 28.7 Å². The first-order valence-electron chi connectivity index (χ1n) is 6.99. The molecule has 0 aliphatic heterocycles. The molecule has 2 aromatic rings. The van der Waals surface area contributed by atoms with E-state index in [1.807, 2.05) is 24.3 Å². The van der Waals surface area contributed by atoms with Crippen molar-refractivity contribution in [3.63, 3.8) is 0 Å². The summed E-state index contributed by atoms with van der Waals surface area (Å²) in [6.45, 7) is 4.18. The Kier molecular flexibility index (Phi) is 5.50. The lowest BCUT2D eigenvalue weighted by Gasteiger charge is -2.14. The predicted octanol–water partition coefficient (Wildman–Crippen LogP) is 3.21. The van der Waals surface area contributed by atoms with Gasteiger partial charge in [0, 0.05) is 10.9 Å². The van der Waals surface area contributed by atoms with Crippen molar-refractivity contribution in [2.45, 2.75) is 32.6 Å². The van der Waals surface area contributed by atoms with Crippen LogP contribution in [0.2, 0.25) is 0 Å². The van der Waals surface area contributed by atoms with Crippen LogP contribution in [0.4, 0.5) is 0 Å². The van der Waals surface area contributed by atoms with Gasteiger partial charge in [-0.05, 0) is 25.0 Å². The number of nitrogens with one attached hydrogen (secondary N) is 1. The summed E-state index contributed by atoms with van der Waals surface area (Å²) < 4.78 is 6.02. The number of halogens is 1. The standard InChI is InChI=1S/C15H18BrN3O2/c1-3-7-12-17-14(19-18-12)13(15(20)21-4-2)10-8-5-6-9-11(10)16/h5-6,8-9,13H,3-4,7H2,1-2H3,(H,17,18,19). The van der Waals surface area contributed by atoms with Gasteiger partial charge in [0.25, 0.3) is 0 Å². The number of carbonyl (C=O) groups is 1. The third-order valence-electron chi connectivity index (χ3n) is 3.03. The number of aromatic amines is 1. The molecule has 1 atom stereocenters. The van der Waals surface area contributed by atoms with Gasteiger partial charge in [0.2, 0.25) is 0 Å².